The number of imidazole rings is 2. The number of para-hydroxylation sites is 2. The van der Waals surface area contributed by atoms with Gasteiger partial charge in [0.05, 0.1) is 27.6 Å². The largest absolute Gasteiger partial charge is 0.478 e. The summed E-state index contributed by atoms with van der Waals surface area (Å²) in [6.45, 7) is 1.56. The third-order valence-corrected chi connectivity index (χ3v) is 7.83. The van der Waals surface area contributed by atoms with Crippen molar-refractivity contribution in [3.8, 4) is 45.8 Å². The molecule has 9 nitrogen and oxygen atoms in total. The molecule has 0 spiro atoms. The minimum absolute atomic E-state index is 0.0421. The van der Waals surface area contributed by atoms with E-state index in [0.717, 1.165) is 56.5 Å². The third kappa shape index (κ3) is 7.27. The van der Waals surface area contributed by atoms with Crippen LogP contribution in [0.15, 0.2) is 146 Å². The molecule has 0 amide bonds. The highest BCUT2D eigenvalue weighted by Crippen LogP contribution is 2.28. The maximum atomic E-state index is 11.5. The fourth-order valence-electron chi connectivity index (χ4n) is 5.26. The Hall–Kier alpha value is -7.00. The van der Waals surface area contributed by atoms with Crippen LogP contribution in [-0.2, 0) is 0 Å². The molecule has 6 aromatic carbocycles. The monoisotopic (exact) mass is 658 g/mol. The summed E-state index contributed by atoms with van der Waals surface area (Å²) in [5.74, 6) is 3.62. The summed E-state index contributed by atoms with van der Waals surface area (Å²) in [7, 11) is 0. The van der Waals surface area contributed by atoms with Gasteiger partial charge in [0.2, 0.25) is 0 Å². The van der Waals surface area contributed by atoms with Crippen LogP contribution in [0.1, 0.15) is 27.6 Å². The molecule has 8 rings (SSSR count). The average molecular weight is 659 g/mol. The minimum Gasteiger partial charge on any atom is -0.478 e. The summed E-state index contributed by atoms with van der Waals surface area (Å²) in [5, 5.41) is 9.07. The van der Waals surface area contributed by atoms with Crippen molar-refractivity contribution in [3.63, 3.8) is 0 Å². The molecule has 9 heteroatoms. The molecule has 0 radical (unpaired) electrons. The summed E-state index contributed by atoms with van der Waals surface area (Å²) in [6.07, 6.45) is 0. The van der Waals surface area contributed by atoms with E-state index in [0.29, 0.717) is 16.9 Å². The second-order valence-corrected chi connectivity index (χ2v) is 11.4. The highest BCUT2D eigenvalue weighted by Gasteiger charge is 2.10. The van der Waals surface area contributed by atoms with Crippen LogP contribution in [0.25, 0.3) is 44.8 Å². The molecule has 0 unspecified atom stereocenters. The van der Waals surface area contributed by atoms with Gasteiger partial charge >= 0.3 is 5.97 Å². The predicted octanol–water partition coefficient (Wildman–Crippen LogP) is 9.95. The van der Waals surface area contributed by atoms with Crippen LogP contribution in [0.3, 0.4) is 0 Å². The van der Waals surface area contributed by atoms with Gasteiger partial charge < -0.3 is 24.5 Å². The summed E-state index contributed by atoms with van der Waals surface area (Å²) >= 11 is 0. The zero-order valence-corrected chi connectivity index (χ0v) is 26.8. The fraction of sp³-hybridized carbons (Fsp3) is 0.0244. The van der Waals surface area contributed by atoms with Gasteiger partial charge in [-0.15, -0.1) is 0 Å². The molecule has 3 N–H and O–H groups in total. The van der Waals surface area contributed by atoms with Crippen LogP contribution in [0.4, 0.5) is 0 Å². The maximum Gasteiger partial charge on any atom is 0.335 e. The molecule has 50 heavy (non-hydrogen) atoms. The van der Waals surface area contributed by atoms with Crippen molar-refractivity contribution >= 4 is 33.8 Å². The van der Waals surface area contributed by atoms with Gasteiger partial charge in [-0.3, -0.25) is 4.79 Å². The number of H-pyrrole nitrogens is 2. The predicted molar refractivity (Wildman–Crippen MR) is 193 cm³/mol. The first-order valence-electron chi connectivity index (χ1n) is 15.8. The van der Waals surface area contributed by atoms with Crippen LogP contribution in [-0.4, -0.2) is 36.8 Å². The van der Waals surface area contributed by atoms with E-state index in [9.17, 15) is 9.59 Å². The van der Waals surface area contributed by atoms with Gasteiger partial charge in [0.1, 0.15) is 34.6 Å². The zero-order valence-electron chi connectivity index (χ0n) is 26.8. The molecule has 0 atom stereocenters. The van der Waals surface area contributed by atoms with E-state index in [4.69, 9.17) is 14.6 Å². The Kier molecular flexibility index (Phi) is 8.85. The van der Waals surface area contributed by atoms with E-state index in [1.807, 2.05) is 121 Å². The van der Waals surface area contributed by atoms with Crippen LogP contribution in [0.2, 0.25) is 0 Å². The highest BCUT2D eigenvalue weighted by molar-refractivity contribution is 5.97. The normalized spacial score (nSPS) is 10.7. The van der Waals surface area contributed by atoms with Crippen molar-refractivity contribution < 1.29 is 24.2 Å². The van der Waals surface area contributed by atoms with Gasteiger partial charge in [0, 0.05) is 16.7 Å². The van der Waals surface area contributed by atoms with Gasteiger partial charge in [-0.25, -0.2) is 14.8 Å². The zero-order chi connectivity index (χ0) is 34.5. The number of carboxylic acids is 1. The molecule has 2 heterocycles. The number of benzene rings is 6. The minimum atomic E-state index is -0.958. The molecule has 2 aromatic heterocycles. The Morgan fingerprint density at radius 2 is 0.920 bits per heavy atom. The molecule has 0 bridgehead atoms. The fourth-order valence-corrected chi connectivity index (χ4v) is 5.26. The van der Waals surface area contributed by atoms with Crippen LogP contribution < -0.4 is 9.47 Å². The van der Waals surface area contributed by atoms with E-state index >= 15 is 0 Å². The smallest absolute Gasteiger partial charge is 0.335 e. The number of Topliss-reactive ketones (excluding diaryl/α,β-unsaturated/α-hetero) is 1. The van der Waals surface area contributed by atoms with E-state index in [1.165, 1.54) is 0 Å². The SMILES string of the molecule is CC(=O)c1ccc2nc(-c3ccc(Oc4ccccc4)cc3)[nH]c2c1.O=C(O)c1ccc2nc(-c3ccc(Oc4ccccc4)cc3)[nH]c2c1. The number of aromatic carboxylic acids is 1. The molecule has 0 aliphatic carbocycles. The number of carbonyl (C=O) groups excluding carboxylic acids is 1. The Morgan fingerprint density at radius 3 is 1.34 bits per heavy atom. The average Bonchev–Trinajstić information content (AvgIpc) is 3.77. The molecular formula is C41H30N4O5. The number of carbonyl (C=O) groups is 2. The number of ketones is 1. The van der Waals surface area contributed by atoms with Gasteiger partial charge in [0.15, 0.2) is 5.78 Å². The Balaban J connectivity index is 0.000000157. The number of aromatic amines is 2. The van der Waals surface area contributed by atoms with Gasteiger partial charge in [-0.05, 0) is 116 Å². The molecule has 0 saturated carbocycles. The molecule has 8 aromatic rings. The molecule has 0 aliphatic heterocycles. The highest BCUT2D eigenvalue weighted by atomic mass is 16.5. The number of nitrogens with one attached hydrogen (secondary N) is 2. The van der Waals surface area contributed by atoms with Crippen molar-refractivity contribution in [2.24, 2.45) is 0 Å². The lowest BCUT2D eigenvalue weighted by atomic mass is 10.1. The number of ether oxygens (including phenoxy) is 2. The molecule has 0 saturated heterocycles. The van der Waals surface area contributed by atoms with Crippen molar-refractivity contribution in [3.05, 3.63) is 157 Å². The topological polar surface area (TPSA) is 130 Å². The standard InChI is InChI=1S/C21H16N2O2.C20H14N2O3/c1-14(24)16-9-12-19-20(13-16)23-21(22-19)15-7-10-18(11-8-15)25-17-5-3-2-4-6-17;23-20(24)14-8-11-17-18(12-14)22-19(21-17)13-6-9-16(10-7-13)25-15-4-2-1-3-5-15/h2-13H,1H3,(H,22,23);1-12H,(H,21,22)(H,23,24). The Morgan fingerprint density at radius 1 is 0.520 bits per heavy atom. The summed E-state index contributed by atoms with van der Waals surface area (Å²) in [4.78, 5) is 38.1. The van der Waals surface area contributed by atoms with E-state index < -0.39 is 5.97 Å². The number of rotatable bonds is 8. The second-order valence-electron chi connectivity index (χ2n) is 11.4. The molecule has 0 aliphatic rings. The number of fused-ring (bicyclic) bond motifs is 2. The van der Waals surface area contributed by atoms with Gasteiger partial charge in [-0.1, -0.05) is 36.4 Å². The number of nitrogens with zero attached hydrogens (tertiary/aromatic N) is 2. The summed E-state index contributed by atoms with van der Waals surface area (Å²) in [5.41, 5.74) is 5.87. The van der Waals surface area contributed by atoms with Crippen molar-refractivity contribution in [2.75, 3.05) is 0 Å². The molecule has 244 valence electrons. The second kappa shape index (κ2) is 14.0. The van der Waals surface area contributed by atoms with E-state index in [1.54, 1.807) is 31.2 Å². The first kappa shape index (κ1) is 31.6. The number of hydrogen-bond acceptors (Lipinski definition) is 6. The van der Waals surface area contributed by atoms with Crippen molar-refractivity contribution in [2.45, 2.75) is 6.92 Å². The number of carboxylic acid groups (broad SMARTS) is 1. The molecule has 0 fully saturated rings. The van der Waals surface area contributed by atoms with E-state index in [2.05, 4.69) is 19.9 Å². The number of aromatic nitrogens is 4. The number of hydrogen-bond donors (Lipinski definition) is 3. The quantitative estimate of drug-likeness (QED) is 0.139. The first-order chi connectivity index (χ1) is 24.4. The molecular weight excluding hydrogens is 628 g/mol. The third-order valence-electron chi connectivity index (χ3n) is 7.83. The summed E-state index contributed by atoms with van der Waals surface area (Å²) < 4.78 is 11.6. The maximum absolute atomic E-state index is 11.5. The van der Waals surface area contributed by atoms with Crippen molar-refractivity contribution in [1.29, 1.82) is 0 Å². The lowest BCUT2D eigenvalue weighted by Gasteiger charge is -2.05. The van der Waals surface area contributed by atoms with Crippen LogP contribution >= 0.6 is 0 Å². The Labute approximate surface area is 286 Å². The summed E-state index contributed by atoms with van der Waals surface area (Å²) in [6, 6.07) is 44.9. The lowest BCUT2D eigenvalue weighted by molar-refractivity contribution is 0.0696. The first-order valence-corrected chi connectivity index (χ1v) is 15.8. The van der Waals surface area contributed by atoms with Gasteiger partial charge in [-0.2, -0.15) is 0 Å². The lowest BCUT2D eigenvalue weighted by Crippen LogP contribution is -1.94. The van der Waals surface area contributed by atoms with Crippen LogP contribution in [0.5, 0.6) is 23.0 Å². The van der Waals surface area contributed by atoms with Crippen LogP contribution in [0, 0.1) is 0 Å². The van der Waals surface area contributed by atoms with Crippen molar-refractivity contribution in [1.82, 2.24) is 19.9 Å². The van der Waals surface area contributed by atoms with E-state index in [-0.39, 0.29) is 11.3 Å². The van der Waals surface area contributed by atoms with Gasteiger partial charge in [0.25, 0.3) is 0 Å². The Bertz CT molecular complexity index is 2250.